The molecule has 6 nitrogen and oxygen atoms in total. The van der Waals surface area contributed by atoms with Gasteiger partial charge in [0.15, 0.2) is 0 Å². The number of aryl methyl sites for hydroxylation is 1. The van der Waals surface area contributed by atoms with Crippen LogP contribution in [0.25, 0.3) is 6.08 Å². The first kappa shape index (κ1) is 20.3. The van der Waals surface area contributed by atoms with Gasteiger partial charge in [0.25, 0.3) is 11.8 Å². The van der Waals surface area contributed by atoms with E-state index in [4.69, 9.17) is 5.21 Å². The van der Waals surface area contributed by atoms with Crippen molar-refractivity contribution in [2.75, 3.05) is 5.32 Å². The van der Waals surface area contributed by atoms with Crippen LogP contribution < -0.4 is 10.8 Å². The number of benzene rings is 2. The molecular formula is C22H19N3O3S. The van der Waals surface area contributed by atoms with Gasteiger partial charge in [-0.3, -0.25) is 14.8 Å². The Morgan fingerprint density at radius 2 is 1.79 bits per heavy atom. The van der Waals surface area contributed by atoms with Crippen LogP contribution in [0.5, 0.6) is 0 Å². The van der Waals surface area contributed by atoms with E-state index in [0.717, 1.165) is 10.5 Å². The van der Waals surface area contributed by atoms with Crippen molar-refractivity contribution >= 4 is 35.3 Å². The molecule has 2 amide bonds. The Morgan fingerprint density at radius 1 is 1.03 bits per heavy atom. The van der Waals surface area contributed by atoms with E-state index in [0.29, 0.717) is 21.8 Å². The van der Waals surface area contributed by atoms with E-state index in [1.165, 1.54) is 29.4 Å². The molecule has 0 saturated carbocycles. The molecule has 0 aliphatic rings. The van der Waals surface area contributed by atoms with Crippen molar-refractivity contribution in [2.24, 2.45) is 0 Å². The lowest BCUT2D eigenvalue weighted by Crippen LogP contribution is -2.15. The summed E-state index contributed by atoms with van der Waals surface area (Å²) in [4.78, 5) is 29.5. The highest BCUT2D eigenvalue weighted by Gasteiger charge is 2.14. The minimum atomic E-state index is -0.657. The molecule has 0 bridgehead atoms. The van der Waals surface area contributed by atoms with Gasteiger partial charge in [0, 0.05) is 22.9 Å². The third-order valence-electron chi connectivity index (χ3n) is 3.98. The fourth-order valence-corrected chi connectivity index (χ4v) is 3.39. The third kappa shape index (κ3) is 5.54. The van der Waals surface area contributed by atoms with Crippen molar-refractivity contribution in [1.82, 2.24) is 10.5 Å². The second-order valence-electron chi connectivity index (χ2n) is 6.12. The van der Waals surface area contributed by atoms with E-state index in [1.807, 2.05) is 31.2 Å². The lowest BCUT2D eigenvalue weighted by molar-refractivity contribution is -0.124. The molecule has 0 spiro atoms. The molecule has 7 heteroatoms. The van der Waals surface area contributed by atoms with Crippen molar-refractivity contribution in [2.45, 2.75) is 16.8 Å². The van der Waals surface area contributed by atoms with Gasteiger partial charge in [0.2, 0.25) is 0 Å². The Labute approximate surface area is 172 Å². The number of amides is 2. The molecule has 1 heterocycles. The van der Waals surface area contributed by atoms with Crippen LogP contribution in [0.2, 0.25) is 0 Å². The highest BCUT2D eigenvalue weighted by atomic mass is 32.2. The summed E-state index contributed by atoms with van der Waals surface area (Å²) in [5.74, 6) is -0.963. The van der Waals surface area contributed by atoms with Crippen molar-refractivity contribution in [1.29, 1.82) is 0 Å². The summed E-state index contributed by atoms with van der Waals surface area (Å²) in [6.07, 6.45) is 4.33. The number of rotatable bonds is 6. The zero-order valence-corrected chi connectivity index (χ0v) is 16.4. The van der Waals surface area contributed by atoms with Crippen LogP contribution in [0.1, 0.15) is 21.5 Å². The Balaban J connectivity index is 1.83. The Kier molecular flexibility index (Phi) is 6.78. The predicted octanol–water partition coefficient (Wildman–Crippen LogP) is 4.31. The monoisotopic (exact) mass is 405 g/mol. The number of nitrogens with one attached hydrogen (secondary N) is 2. The number of carbonyl (C=O) groups excluding carboxylic acids is 2. The lowest BCUT2D eigenvalue weighted by atomic mass is 10.1. The minimum absolute atomic E-state index is 0.305. The summed E-state index contributed by atoms with van der Waals surface area (Å²) in [6, 6.07) is 18.5. The van der Waals surface area contributed by atoms with Crippen molar-refractivity contribution in [3.63, 3.8) is 0 Å². The summed E-state index contributed by atoms with van der Waals surface area (Å²) in [5, 5.41) is 12.1. The molecule has 0 saturated heterocycles. The van der Waals surface area contributed by atoms with E-state index in [-0.39, 0.29) is 5.91 Å². The van der Waals surface area contributed by atoms with Gasteiger partial charge in [-0.2, -0.15) is 0 Å². The molecule has 3 aromatic rings. The summed E-state index contributed by atoms with van der Waals surface area (Å²) in [6.45, 7) is 2.02. The Hall–Kier alpha value is -3.42. The number of aromatic nitrogens is 1. The molecule has 2 aromatic carbocycles. The minimum Gasteiger partial charge on any atom is -0.321 e. The fraction of sp³-hybridized carbons (Fsp3) is 0.0455. The number of nitrogens with zero attached hydrogens (tertiary/aromatic N) is 1. The summed E-state index contributed by atoms with van der Waals surface area (Å²) >= 11 is 1.42. The lowest BCUT2D eigenvalue weighted by Gasteiger charge is -2.11. The fourth-order valence-electron chi connectivity index (χ4n) is 2.51. The van der Waals surface area contributed by atoms with Gasteiger partial charge in [-0.15, -0.1) is 0 Å². The van der Waals surface area contributed by atoms with Gasteiger partial charge in [0.1, 0.15) is 5.03 Å². The highest BCUT2D eigenvalue weighted by Crippen LogP contribution is 2.29. The number of pyridine rings is 1. The molecule has 3 rings (SSSR count). The van der Waals surface area contributed by atoms with E-state index in [1.54, 1.807) is 42.6 Å². The molecule has 1 aromatic heterocycles. The van der Waals surface area contributed by atoms with Gasteiger partial charge >= 0.3 is 0 Å². The highest BCUT2D eigenvalue weighted by molar-refractivity contribution is 7.99. The van der Waals surface area contributed by atoms with Gasteiger partial charge in [0.05, 0.1) is 5.56 Å². The zero-order chi connectivity index (χ0) is 20.6. The van der Waals surface area contributed by atoms with Crippen LogP contribution in [0, 0.1) is 6.92 Å². The Morgan fingerprint density at radius 3 is 2.55 bits per heavy atom. The first-order valence-electron chi connectivity index (χ1n) is 8.79. The topological polar surface area (TPSA) is 91.3 Å². The number of anilines is 1. The number of para-hydroxylation sites is 1. The van der Waals surface area contributed by atoms with Crippen LogP contribution in [0.4, 0.5) is 5.69 Å². The average Bonchev–Trinajstić information content (AvgIpc) is 2.74. The Bertz CT molecular complexity index is 1050. The van der Waals surface area contributed by atoms with Gasteiger partial charge in [-0.05, 0) is 48.9 Å². The number of hydrogen-bond donors (Lipinski definition) is 3. The maximum Gasteiger partial charge on any atom is 0.267 e. The second kappa shape index (κ2) is 9.68. The van der Waals surface area contributed by atoms with Gasteiger partial charge < -0.3 is 5.32 Å². The van der Waals surface area contributed by atoms with Gasteiger partial charge in [-0.25, -0.2) is 10.5 Å². The molecule has 0 aliphatic carbocycles. The third-order valence-corrected chi connectivity index (χ3v) is 5.01. The summed E-state index contributed by atoms with van der Waals surface area (Å²) < 4.78 is 0. The molecule has 0 aliphatic heterocycles. The van der Waals surface area contributed by atoms with Gasteiger partial charge in [-0.1, -0.05) is 47.7 Å². The van der Waals surface area contributed by atoms with Crippen LogP contribution in [-0.2, 0) is 4.79 Å². The van der Waals surface area contributed by atoms with Crippen molar-refractivity contribution in [3.8, 4) is 0 Å². The van der Waals surface area contributed by atoms with E-state index in [9.17, 15) is 9.59 Å². The number of carbonyl (C=O) groups is 2. The molecule has 0 fully saturated rings. The smallest absolute Gasteiger partial charge is 0.267 e. The van der Waals surface area contributed by atoms with Crippen LogP contribution >= 0.6 is 11.8 Å². The molecular weight excluding hydrogens is 386 g/mol. The van der Waals surface area contributed by atoms with Crippen molar-refractivity contribution < 1.29 is 14.8 Å². The first-order valence-corrected chi connectivity index (χ1v) is 9.60. The second-order valence-corrected chi connectivity index (χ2v) is 7.18. The van der Waals surface area contributed by atoms with Crippen LogP contribution in [0.3, 0.4) is 0 Å². The standard InChI is InChI=1S/C22H19N3O3S/c1-15-8-11-17(12-9-15)29-22-18(6-4-14-23-22)21(27)24-19-7-3-2-5-16(19)10-13-20(26)25-28/h2-14,28H,1H3,(H,24,27)(H,25,26)/b13-10+. The molecule has 29 heavy (non-hydrogen) atoms. The summed E-state index contributed by atoms with van der Waals surface area (Å²) in [7, 11) is 0. The normalized spacial score (nSPS) is 10.7. The first-order chi connectivity index (χ1) is 14.1. The quantitative estimate of drug-likeness (QED) is 0.323. The average molecular weight is 405 g/mol. The maximum absolute atomic E-state index is 12.9. The molecule has 3 N–H and O–H groups in total. The largest absolute Gasteiger partial charge is 0.321 e. The van der Waals surface area contributed by atoms with E-state index in [2.05, 4.69) is 10.3 Å². The molecule has 0 atom stereocenters. The van der Waals surface area contributed by atoms with Crippen LogP contribution in [0.15, 0.2) is 82.9 Å². The maximum atomic E-state index is 12.9. The molecule has 0 unspecified atom stereocenters. The van der Waals surface area contributed by atoms with Crippen LogP contribution in [-0.4, -0.2) is 22.0 Å². The number of hydroxylamine groups is 1. The van der Waals surface area contributed by atoms with Crippen molar-refractivity contribution in [3.05, 3.63) is 89.6 Å². The number of hydrogen-bond acceptors (Lipinski definition) is 5. The summed E-state index contributed by atoms with van der Waals surface area (Å²) in [5.41, 5.74) is 4.30. The van der Waals surface area contributed by atoms with E-state index < -0.39 is 5.91 Å². The SMILES string of the molecule is Cc1ccc(Sc2ncccc2C(=O)Nc2ccccc2/C=C/C(=O)NO)cc1. The molecule has 0 radical (unpaired) electrons. The zero-order valence-electron chi connectivity index (χ0n) is 15.6. The predicted molar refractivity (Wildman–Crippen MR) is 113 cm³/mol. The molecule has 146 valence electrons. The van der Waals surface area contributed by atoms with E-state index >= 15 is 0 Å².